The van der Waals surface area contributed by atoms with Crippen molar-refractivity contribution in [1.82, 2.24) is 10.2 Å². The van der Waals surface area contributed by atoms with E-state index in [1.54, 1.807) is 23.1 Å². The van der Waals surface area contributed by atoms with Crippen LogP contribution < -0.4 is 9.62 Å². The van der Waals surface area contributed by atoms with Gasteiger partial charge < -0.3 is 10.2 Å². The fraction of sp³-hybridized carbons (Fsp3) is 0.375. The number of anilines is 1. The van der Waals surface area contributed by atoms with E-state index in [0.717, 1.165) is 16.7 Å². The van der Waals surface area contributed by atoms with Crippen molar-refractivity contribution in [2.75, 3.05) is 23.7 Å². The van der Waals surface area contributed by atoms with Gasteiger partial charge in [-0.05, 0) is 48.1 Å². The molecule has 0 aliphatic heterocycles. The van der Waals surface area contributed by atoms with E-state index in [4.69, 9.17) is 11.6 Å². The molecule has 0 unspecified atom stereocenters. The third kappa shape index (κ3) is 9.61. The van der Waals surface area contributed by atoms with Gasteiger partial charge in [-0.3, -0.25) is 13.9 Å². The Morgan fingerprint density at radius 1 is 0.927 bits per heavy atom. The first-order valence-corrected chi connectivity index (χ1v) is 16.1. The van der Waals surface area contributed by atoms with E-state index >= 15 is 0 Å². The fourth-order valence-electron chi connectivity index (χ4n) is 4.61. The number of aryl methyl sites for hydroxylation is 1. The number of benzene rings is 3. The Balaban J connectivity index is 1.90. The smallest absolute Gasteiger partial charge is 0.243 e. The van der Waals surface area contributed by atoms with Gasteiger partial charge in [0.15, 0.2) is 0 Å². The molecular formula is C32H40ClN3O4S. The number of rotatable bonds is 14. The fourth-order valence-corrected chi connectivity index (χ4v) is 5.83. The first-order valence-electron chi connectivity index (χ1n) is 13.8. The van der Waals surface area contributed by atoms with Crippen LogP contribution in [0.5, 0.6) is 0 Å². The average molecular weight is 598 g/mol. The zero-order chi connectivity index (χ0) is 30.0. The summed E-state index contributed by atoms with van der Waals surface area (Å²) in [5, 5.41) is 3.52. The molecule has 0 spiro atoms. The van der Waals surface area contributed by atoms with E-state index < -0.39 is 16.1 Å². The lowest BCUT2D eigenvalue weighted by molar-refractivity contribution is -0.141. The Kier molecular flexibility index (Phi) is 11.8. The minimum Gasteiger partial charge on any atom is -0.354 e. The molecule has 2 amide bonds. The maximum absolute atomic E-state index is 13.9. The number of carbonyl (C=O) groups is 2. The summed E-state index contributed by atoms with van der Waals surface area (Å²) in [7, 11) is -3.57. The van der Waals surface area contributed by atoms with Crippen molar-refractivity contribution < 1.29 is 18.0 Å². The van der Waals surface area contributed by atoms with Gasteiger partial charge in [-0.2, -0.15) is 0 Å². The molecule has 1 N–H and O–H groups in total. The number of amides is 2. The van der Waals surface area contributed by atoms with Crippen LogP contribution in [-0.4, -0.2) is 50.5 Å². The van der Waals surface area contributed by atoms with Crippen LogP contribution in [0.3, 0.4) is 0 Å². The van der Waals surface area contributed by atoms with Crippen molar-refractivity contribution in [3.05, 3.63) is 101 Å². The largest absolute Gasteiger partial charge is 0.354 e. The molecule has 220 valence electrons. The van der Waals surface area contributed by atoms with Crippen molar-refractivity contribution >= 4 is 39.1 Å². The summed E-state index contributed by atoms with van der Waals surface area (Å²) in [6, 6.07) is 23.4. The third-order valence-electron chi connectivity index (χ3n) is 6.79. The van der Waals surface area contributed by atoms with Crippen molar-refractivity contribution in [3.8, 4) is 0 Å². The Bertz CT molecular complexity index is 1410. The number of para-hydroxylation sites is 1. The van der Waals surface area contributed by atoms with Crippen molar-refractivity contribution in [2.24, 2.45) is 5.92 Å². The molecule has 3 rings (SSSR count). The normalized spacial score (nSPS) is 12.1. The highest BCUT2D eigenvalue weighted by molar-refractivity contribution is 7.92. The van der Waals surface area contributed by atoms with Crippen LogP contribution in [0, 0.1) is 12.8 Å². The Labute approximate surface area is 249 Å². The summed E-state index contributed by atoms with van der Waals surface area (Å²) in [5.74, 6) is -0.239. The molecule has 0 saturated heterocycles. The van der Waals surface area contributed by atoms with Gasteiger partial charge in [0.05, 0.1) is 11.9 Å². The summed E-state index contributed by atoms with van der Waals surface area (Å²) in [6.07, 6.45) is 1.84. The molecule has 0 fully saturated rings. The lowest BCUT2D eigenvalue weighted by Gasteiger charge is -2.32. The van der Waals surface area contributed by atoms with Crippen LogP contribution in [0.2, 0.25) is 5.02 Å². The number of nitrogens with one attached hydrogen (secondary N) is 1. The van der Waals surface area contributed by atoms with Gasteiger partial charge >= 0.3 is 0 Å². The topological polar surface area (TPSA) is 86.8 Å². The second kappa shape index (κ2) is 15.0. The van der Waals surface area contributed by atoms with E-state index in [-0.39, 0.29) is 43.7 Å². The Hall–Kier alpha value is -3.36. The number of carbonyl (C=O) groups excluding carboxylic acids is 2. The summed E-state index contributed by atoms with van der Waals surface area (Å²) in [5.41, 5.74) is 3.08. The quantitative estimate of drug-likeness (QED) is 0.262. The Morgan fingerprint density at radius 2 is 1.56 bits per heavy atom. The molecule has 0 aromatic heterocycles. The maximum atomic E-state index is 13.9. The molecule has 0 aliphatic rings. The molecule has 0 radical (unpaired) electrons. The predicted octanol–water partition coefficient (Wildman–Crippen LogP) is 5.61. The van der Waals surface area contributed by atoms with E-state index in [2.05, 4.69) is 5.32 Å². The van der Waals surface area contributed by atoms with E-state index in [1.807, 2.05) is 81.4 Å². The van der Waals surface area contributed by atoms with E-state index in [1.165, 1.54) is 10.6 Å². The first kappa shape index (κ1) is 32.2. The SMILES string of the molecule is Cc1ccccc1N(CCCC(=O)N(Cc1ccccc1Cl)[C@@H](Cc1ccccc1)C(=O)NCC(C)C)S(C)(=O)=O. The van der Waals surface area contributed by atoms with Crippen LogP contribution in [0.25, 0.3) is 0 Å². The van der Waals surface area contributed by atoms with Crippen LogP contribution in [-0.2, 0) is 32.6 Å². The zero-order valence-electron chi connectivity index (χ0n) is 24.2. The average Bonchev–Trinajstić information content (AvgIpc) is 2.93. The molecule has 3 aromatic rings. The number of halogens is 1. The van der Waals surface area contributed by atoms with Gasteiger partial charge in [-0.15, -0.1) is 0 Å². The standard InChI is InChI=1S/C32H40ClN3O4S/c1-24(2)22-34-32(38)30(21-26-14-6-5-7-15-26)35(23-27-16-9-10-17-28(27)33)31(37)19-12-20-36(41(4,39)40)29-18-11-8-13-25(29)3/h5-11,13-18,24,30H,12,19-23H2,1-4H3,(H,34,38)/t30-/m0/s1. The summed E-state index contributed by atoms with van der Waals surface area (Å²) in [4.78, 5) is 29.1. The molecule has 0 bridgehead atoms. The maximum Gasteiger partial charge on any atom is 0.243 e. The van der Waals surface area contributed by atoms with Gasteiger partial charge in [0.25, 0.3) is 0 Å². The minimum absolute atomic E-state index is 0.0606. The van der Waals surface area contributed by atoms with Gasteiger partial charge in [0, 0.05) is 37.5 Å². The first-order chi connectivity index (χ1) is 19.5. The van der Waals surface area contributed by atoms with Crippen LogP contribution in [0.4, 0.5) is 5.69 Å². The molecule has 0 saturated carbocycles. The van der Waals surface area contributed by atoms with Crippen LogP contribution in [0.15, 0.2) is 78.9 Å². The van der Waals surface area contributed by atoms with Crippen molar-refractivity contribution in [2.45, 2.75) is 52.6 Å². The summed E-state index contributed by atoms with van der Waals surface area (Å²) in [6.45, 7) is 6.66. The highest BCUT2D eigenvalue weighted by atomic mass is 35.5. The third-order valence-corrected chi connectivity index (χ3v) is 8.34. The molecule has 0 heterocycles. The lowest BCUT2D eigenvalue weighted by atomic mass is 10.0. The van der Waals surface area contributed by atoms with Crippen LogP contribution in [0.1, 0.15) is 43.4 Å². The van der Waals surface area contributed by atoms with Gasteiger partial charge in [0.1, 0.15) is 6.04 Å². The summed E-state index contributed by atoms with van der Waals surface area (Å²) >= 11 is 6.49. The number of nitrogens with zero attached hydrogens (tertiary/aromatic N) is 2. The molecular weight excluding hydrogens is 558 g/mol. The monoisotopic (exact) mass is 597 g/mol. The minimum atomic E-state index is -3.57. The Morgan fingerprint density at radius 3 is 2.20 bits per heavy atom. The highest BCUT2D eigenvalue weighted by Gasteiger charge is 2.31. The summed E-state index contributed by atoms with van der Waals surface area (Å²) < 4.78 is 26.7. The second-order valence-electron chi connectivity index (χ2n) is 10.7. The lowest BCUT2D eigenvalue weighted by Crippen LogP contribution is -2.51. The number of hydrogen-bond acceptors (Lipinski definition) is 4. The molecule has 3 aromatic carbocycles. The second-order valence-corrected chi connectivity index (χ2v) is 13.0. The van der Waals surface area contributed by atoms with Crippen molar-refractivity contribution in [1.29, 1.82) is 0 Å². The molecule has 41 heavy (non-hydrogen) atoms. The molecule has 1 atom stereocenters. The number of sulfonamides is 1. The number of hydrogen-bond donors (Lipinski definition) is 1. The molecule has 9 heteroatoms. The highest BCUT2D eigenvalue weighted by Crippen LogP contribution is 2.24. The van der Waals surface area contributed by atoms with Gasteiger partial charge in [-0.25, -0.2) is 8.42 Å². The van der Waals surface area contributed by atoms with Crippen LogP contribution >= 0.6 is 11.6 Å². The predicted molar refractivity (Wildman–Crippen MR) is 166 cm³/mol. The van der Waals surface area contributed by atoms with Gasteiger partial charge in [0.2, 0.25) is 21.8 Å². The van der Waals surface area contributed by atoms with E-state index in [0.29, 0.717) is 23.7 Å². The zero-order valence-corrected chi connectivity index (χ0v) is 25.8. The van der Waals surface area contributed by atoms with Crippen molar-refractivity contribution in [3.63, 3.8) is 0 Å². The van der Waals surface area contributed by atoms with Gasteiger partial charge in [-0.1, -0.05) is 92.2 Å². The molecule has 7 nitrogen and oxygen atoms in total. The van der Waals surface area contributed by atoms with E-state index in [9.17, 15) is 18.0 Å². The molecule has 0 aliphatic carbocycles.